The molecule has 3 nitrogen and oxygen atoms in total. The Labute approximate surface area is 95.8 Å². The average Bonchev–Trinajstić information content (AvgIpc) is 2.26. The minimum Gasteiger partial charge on any atom is -0.491 e. The topological polar surface area (TPSA) is 46.5 Å². The maximum absolute atomic E-state index is 13.6. The highest BCUT2D eigenvalue weighted by molar-refractivity contribution is 5.69. The number of ether oxygens (including phenoxy) is 1. The molecular weight excluding hydrogens is 237 g/mol. The molecule has 0 radical (unpaired) electrons. The first-order valence-corrected chi connectivity index (χ1v) is 4.81. The van der Waals surface area contributed by atoms with E-state index in [1.54, 1.807) is 0 Å². The van der Waals surface area contributed by atoms with E-state index in [0.29, 0.717) is 6.07 Å². The number of hydrogen-bond acceptors (Lipinski definition) is 2. The van der Waals surface area contributed by atoms with Crippen molar-refractivity contribution >= 4 is 5.97 Å². The molecule has 0 saturated carbocycles. The van der Waals surface area contributed by atoms with Crippen LogP contribution in [0.25, 0.3) is 0 Å². The van der Waals surface area contributed by atoms with Gasteiger partial charge in [0.15, 0.2) is 17.4 Å². The molecule has 0 aliphatic carbocycles. The molecule has 1 aromatic carbocycles. The van der Waals surface area contributed by atoms with Gasteiger partial charge in [-0.25, -0.2) is 8.78 Å². The lowest BCUT2D eigenvalue weighted by atomic mass is 10.0. The van der Waals surface area contributed by atoms with E-state index in [0.717, 1.165) is 7.11 Å². The van der Waals surface area contributed by atoms with Crippen molar-refractivity contribution in [2.75, 3.05) is 7.11 Å². The fraction of sp³-hybridized carbons (Fsp3) is 0.364. The first kappa shape index (κ1) is 13.3. The van der Waals surface area contributed by atoms with Gasteiger partial charge in [0.2, 0.25) is 5.82 Å². The maximum atomic E-state index is 13.6. The molecule has 94 valence electrons. The molecular formula is C11H11F3O3. The second-order valence-corrected chi connectivity index (χ2v) is 3.62. The van der Waals surface area contributed by atoms with E-state index < -0.39 is 35.1 Å². The maximum Gasteiger partial charge on any atom is 0.306 e. The summed E-state index contributed by atoms with van der Waals surface area (Å²) in [7, 11) is 1.01. The van der Waals surface area contributed by atoms with Gasteiger partial charge in [0, 0.05) is 0 Å². The van der Waals surface area contributed by atoms with Crippen molar-refractivity contribution < 1.29 is 27.8 Å². The number of methoxy groups -OCH3 is 1. The summed E-state index contributed by atoms with van der Waals surface area (Å²) in [5.74, 6) is -6.64. The number of carbonyl (C=O) groups is 1. The van der Waals surface area contributed by atoms with Crippen molar-refractivity contribution in [1.82, 2.24) is 0 Å². The highest BCUT2D eigenvalue weighted by atomic mass is 19.2. The Morgan fingerprint density at radius 2 is 2.00 bits per heavy atom. The van der Waals surface area contributed by atoms with E-state index in [4.69, 9.17) is 5.11 Å². The molecule has 0 amide bonds. The van der Waals surface area contributed by atoms with Crippen LogP contribution in [0.15, 0.2) is 6.07 Å². The molecule has 1 rings (SSSR count). The summed E-state index contributed by atoms with van der Waals surface area (Å²) in [5.41, 5.74) is -0.226. The van der Waals surface area contributed by atoms with Gasteiger partial charge in [-0.3, -0.25) is 4.79 Å². The number of halogens is 3. The van der Waals surface area contributed by atoms with Crippen molar-refractivity contribution in [2.24, 2.45) is 5.92 Å². The number of carboxylic acids is 1. The van der Waals surface area contributed by atoms with Gasteiger partial charge in [-0.1, -0.05) is 6.92 Å². The van der Waals surface area contributed by atoms with Crippen LogP contribution in [0.3, 0.4) is 0 Å². The van der Waals surface area contributed by atoms with E-state index in [1.807, 2.05) is 0 Å². The lowest BCUT2D eigenvalue weighted by Gasteiger charge is -2.11. The predicted octanol–water partition coefficient (Wildman–Crippen LogP) is 2.38. The molecule has 1 N–H and O–H groups in total. The minimum absolute atomic E-state index is 0.226. The summed E-state index contributed by atoms with van der Waals surface area (Å²) >= 11 is 0. The van der Waals surface area contributed by atoms with E-state index in [1.165, 1.54) is 6.92 Å². The normalized spacial score (nSPS) is 12.3. The molecule has 0 aliphatic heterocycles. The van der Waals surface area contributed by atoms with Crippen molar-refractivity contribution in [1.29, 1.82) is 0 Å². The number of aliphatic carboxylic acids is 1. The first-order valence-electron chi connectivity index (χ1n) is 4.81. The fourth-order valence-electron chi connectivity index (χ4n) is 1.38. The van der Waals surface area contributed by atoms with Crippen LogP contribution in [0.4, 0.5) is 13.2 Å². The number of benzene rings is 1. The molecule has 0 spiro atoms. The smallest absolute Gasteiger partial charge is 0.306 e. The molecule has 0 bridgehead atoms. The Bertz CT molecular complexity index is 446. The van der Waals surface area contributed by atoms with Crippen LogP contribution >= 0.6 is 0 Å². The molecule has 0 aromatic heterocycles. The second-order valence-electron chi connectivity index (χ2n) is 3.62. The van der Waals surface area contributed by atoms with Crippen LogP contribution in [0.2, 0.25) is 0 Å². The quantitative estimate of drug-likeness (QED) is 0.832. The van der Waals surface area contributed by atoms with Crippen LogP contribution in [0, 0.1) is 23.4 Å². The molecule has 0 heterocycles. The summed E-state index contributed by atoms with van der Waals surface area (Å²) in [6.07, 6.45) is -0.241. The monoisotopic (exact) mass is 248 g/mol. The highest BCUT2D eigenvalue weighted by Gasteiger charge is 2.22. The van der Waals surface area contributed by atoms with E-state index in [2.05, 4.69) is 4.74 Å². The summed E-state index contributed by atoms with van der Waals surface area (Å²) in [5, 5.41) is 8.66. The largest absolute Gasteiger partial charge is 0.491 e. The molecule has 0 fully saturated rings. The van der Waals surface area contributed by atoms with Gasteiger partial charge >= 0.3 is 5.97 Å². The Morgan fingerprint density at radius 3 is 2.47 bits per heavy atom. The minimum atomic E-state index is -1.42. The zero-order valence-corrected chi connectivity index (χ0v) is 9.26. The Morgan fingerprint density at radius 1 is 1.41 bits per heavy atom. The van der Waals surface area contributed by atoms with E-state index in [-0.39, 0.29) is 12.0 Å². The zero-order valence-electron chi connectivity index (χ0n) is 9.26. The van der Waals surface area contributed by atoms with Gasteiger partial charge in [-0.15, -0.1) is 0 Å². The van der Waals surface area contributed by atoms with Crippen LogP contribution in [-0.4, -0.2) is 18.2 Å². The third-order valence-corrected chi connectivity index (χ3v) is 2.34. The third kappa shape index (κ3) is 2.69. The summed E-state index contributed by atoms with van der Waals surface area (Å²) in [6.45, 7) is 1.34. The van der Waals surface area contributed by atoms with Gasteiger partial charge in [0.1, 0.15) is 0 Å². The van der Waals surface area contributed by atoms with Crippen LogP contribution < -0.4 is 4.74 Å². The molecule has 0 aliphatic rings. The predicted molar refractivity (Wildman–Crippen MR) is 53.4 cm³/mol. The van der Waals surface area contributed by atoms with Crippen LogP contribution in [-0.2, 0) is 11.2 Å². The number of carboxylic acid groups (broad SMARTS) is 1. The van der Waals surface area contributed by atoms with Crippen molar-refractivity contribution in [3.8, 4) is 5.75 Å². The van der Waals surface area contributed by atoms with Gasteiger partial charge < -0.3 is 9.84 Å². The van der Waals surface area contributed by atoms with Gasteiger partial charge in [0.25, 0.3) is 0 Å². The SMILES string of the molecule is COc1c(F)c(F)cc(CC(C)C(=O)O)c1F. The lowest BCUT2D eigenvalue weighted by Crippen LogP contribution is -2.14. The molecule has 1 unspecified atom stereocenters. The Hall–Kier alpha value is -1.72. The van der Waals surface area contributed by atoms with Gasteiger partial charge in [0.05, 0.1) is 13.0 Å². The summed E-state index contributed by atoms with van der Waals surface area (Å²) in [4.78, 5) is 10.6. The Balaban J connectivity index is 3.17. The second kappa shape index (κ2) is 5.07. The highest BCUT2D eigenvalue weighted by Crippen LogP contribution is 2.28. The molecule has 6 heteroatoms. The zero-order chi connectivity index (χ0) is 13.2. The van der Waals surface area contributed by atoms with Crippen LogP contribution in [0.5, 0.6) is 5.75 Å². The third-order valence-electron chi connectivity index (χ3n) is 2.34. The number of hydrogen-bond donors (Lipinski definition) is 1. The Kier molecular flexibility index (Phi) is 3.98. The van der Waals surface area contributed by atoms with Gasteiger partial charge in [-0.05, 0) is 18.1 Å². The van der Waals surface area contributed by atoms with Crippen molar-refractivity contribution in [3.05, 3.63) is 29.1 Å². The van der Waals surface area contributed by atoms with Crippen LogP contribution in [0.1, 0.15) is 12.5 Å². The lowest BCUT2D eigenvalue weighted by molar-refractivity contribution is -0.141. The molecule has 1 atom stereocenters. The van der Waals surface area contributed by atoms with E-state index >= 15 is 0 Å². The van der Waals surface area contributed by atoms with Gasteiger partial charge in [-0.2, -0.15) is 4.39 Å². The molecule has 1 aromatic rings. The van der Waals surface area contributed by atoms with E-state index in [9.17, 15) is 18.0 Å². The average molecular weight is 248 g/mol. The molecule has 0 saturated heterocycles. The summed E-state index contributed by atoms with van der Waals surface area (Å²) in [6, 6.07) is 0.645. The molecule has 17 heavy (non-hydrogen) atoms. The van der Waals surface area contributed by atoms with Crippen molar-refractivity contribution in [2.45, 2.75) is 13.3 Å². The first-order chi connectivity index (χ1) is 7.88. The fourth-order valence-corrected chi connectivity index (χ4v) is 1.38. The van der Waals surface area contributed by atoms with Crippen molar-refractivity contribution in [3.63, 3.8) is 0 Å². The standard InChI is InChI=1S/C11H11F3O3/c1-5(11(15)16)3-6-4-7(12)9(14)10(17-2)8(6)13/h4-5H,3H2,1-2H3,(H,15,16). The summed E-state index contributed by atoms with van der Waals surface area (Å²) < 4.78 is 44.2. The number of rotatable bonds is 4.